The Bertz CT molecular complexity index is 600. The van der Waals surface area contributed by atoms with Crippen molar-refractivity contribution in [3.8, 4) is 0 Å². The van der Waals surface area contributed by atoms with Crippen LogP contribution in [0.5, 0.6) is 0 Å². The Balaban J connectivity index is 2.63. The van der Waals surface area contributed by atoms with Crippen LogP contribution in [0, 0.1) is 5.92 Å². The summed E-state index contributed by atoms with van der Waals surface area (Å²) in [6.45, 7) is 18.7. The fourth-order valence-electron chi connectivity index (χ4n) is 4.25. The van der Waals surface area contributed by atoms with Crippen LogP contribution in [0.15, 0.2) is 12.2 Å². The molecule has 0 aromatic heterocycles. The zero-order chi connectivity index (χ0) is 23.3. The molecule has 1 saturated heterocycles. The summed E-state index contributed by atoms with van der Waals surface area (Å²) < 4.78 is 5.36. The average Bonchev–Trinajstić information content (AvgIpc) is 2.49. The van der Waals surface area contributed by atoms with E-state index in [0.717, 1.165) is 19.3 Å². The largest absolute Gasteiger partial charge is 0.444 e. The van der Waals surface area contributed by atoms with Crippen LogP contribution in [0.3, 0.4) is 0 Å². The Morgan fingerprint density at radius 2 is 1.67 bits per heavy atom. The van der Waals surface area contributed by atoms with Gasteiger partial charge in [0.15, 0.2) is 0 Å². The number of alkyl carbamates (subject to hydrolysis) is 1. The second-order valence-corrected chi connectivity index (χ2v) is 11.4. The van der Waals surface area contributed by atoms with Gasteiger partial charge in [0.1, 0.15) is 5.60 Å². The molecular weight excluding hydrogens is 378 g/mol. The Kier molecular flexibility index (Phi) is 8.97. The average molecular weight is 424 g/mol. The standard InChI is InChI=1S/C24H45N3O3/c1-17(2)14-18(26-21(29)30-22(3,4)5)12-11-13-20(28)25-19-15-23(6,7)27(10)24(8,9)16-19/h11-12,17-19H,13-16H2,1-10H3,(H,25,28)(H,26,29)/b12-11+. The van der Waals surface area contributed by atoms with Crippen molar-refractivity contribution < 1.29 is 14.3 Å². The molecule has 2 amide bonds. The molecule has 1 unspecified atom stereocenters. The number of amides is 2. The van der Waals surface area contributed by atoms with Crippen LogP contribution >= 0.6 is 0 Å². The highest BCUT2D eigenvalue weighted by Crippen LogP contribution is 2.36. The van der Waals surface area contributed by atoms with E-state index in [2.05, 4.69) is 64.1 Å². The summed E-state index contributed by atoms with van der Waals surface area (Å²) in [6.07, 6.45) is 6.28. The highest BCUT2D eigenvalue weighted by molar-refractivity contribution is 5.77. The lowest BCUT2D eigenvalue weighted by Gasteiger charge is -2.53. The van der Waals surface area contributed by atoms with Gasteiger partial charge in [-0.05, 0) is 80.7 Å². The summed E-state index contributed by atoms with van der Waals surface area (Å²) in [5.74, 6) is 0.431. The summed E-state index contributed by atoms with van der Waals surface area (Å²) in [5, 5.41) is 6.11. The fourth-order valence-corrected chi connectivity index (χ4v) is 4.25. The minimum Gasteiger partial charge on any atom is -0.444 e. The van der Waals surface area contributed by atoms with Gasteiger partial charge in [0.05, 0.1) is 6.04 Å². The minimum absolute atomic E-state index is 0.0213. The lowest BCUT2D eigenvalue weighted by Crippen LogP contribution is -2.62. The zero-order valence-corrected chi connectivity index (χ0v) is 20.9. The molecule has 0 radical (unpaired) electrons. The highest BCUT2D eigenvalue weighted by Gasteiger charge is 2.43. The molecule has 0 saturated carbocycles. The highest BCUT2D eigenvalue weighted by atomic mass is 16.6. The van der Waals surface area contributed by atoms with Crippen LogP contribution in [0.1, 0.15) is 88.0 Å². The van der Waals surface area contributed by atoms with Crippen molar-refractivity contribution in [2.45, 2.75) is 117 Å². The molecule has 0 bridgehead atoms. The van der Waals surface area contributed by atoms with E-state index >= 15 is 0 Å². The van der Waals surface area contributed by atoms with Crippen molar-refractivity contribution in [3.63, 3.8) is 0 Å². The monoisotopic (exact) mass is 423 g/mol. The molecule has 174 valence electrons. The van der Waals surface area contributed by atoms with Gasteiger partial charge in [-0.3, -0.25) is 9.69 Å². The lowest BCUT2D eigenvalue weighted by molar-refractivity contribution is -0.122. The number of ether oxygens (including phenoxy) is 1. The molecule has 0 aromatic carbocycles. The number of carbonyl (C=O) groups excluding carboxylic acids is 2. The molecule has 1 fully saturated rings. The van der Waals surface area contributed by atoms with Gasteiger partial charge in [-0.15, -0.1) is 0 Å². The molecule has 0 spiro atoms. The maximum Gasteiger partial charge on any atom is 0.408 e. The van der Waals surface area contributed by atoms with Crippen LogP contribution in [0.4, 0.5) is 4.79 Å². The van der Waals surface area contributed by atoms with Crippen LogP contribution in [0.25, 0.3) is 0 Å². The molecule has 1 rings (SSSR count). The predicted molar refractivity (Wildman–Crippen MR) is 123 cm³/mol. The number of hydrogen-bond acceptors (Lipinski definition) is 4. The molecular formula is C24H45N3O3. The van der Waals surface area contributed by atoms with Crippen LogP contribution in [-0.2, 0) is 9.53 Å². The SMILES string of the molecule is CC(C)CC(/C=C/CC(=O)NC1CC(C)(C)N(C)C(C)(C)C1)NC(=O)OC(C)(C)C. The molecule has 1 aliphatic heterocycles. The molecule has 1 atom stereocenters. The van der Waals surface area contributed by atoms with Gasteiger partial charge >= 0.3 is 6.09 Å². The van der Waals surface area contributed by atoms with Crippen LogP contribution < -0.4 is 10.6 Å². The van der Waals surface area contributed by atoms with Crippen molar-refractivity contribution in [1.29, 1.82) is 0 Å². The Labute approximate surface area is 184 Å². The molecule has 30 heavy (non-hydrogen) atoms. The molecule has 0 aromatic rings. The third-order valence-electron chi connectivity index (χ3n) is 5.77. The van der Waals surface area contributed by atoms with E-state index in [0.29, 0.717) is 12.3 Å². The van der Waals surface area contributed by atoms with Gasteiger partial charge in [-0.25, -0.2) is 4.79 Å². The van der Waals surface area contributed by atoms with Crippen molar-refractivity contribution in [2.75, 3.05) is 7.05 Å². The predicted octanol–water partition coefficient (Wildman–Crippen LogP) is 4.64. The lowest BCUT2D eigenvalue weighted by atomic mass is 9.77. The second kappa shape index (κ2) is 10.2. The first kappa shape index (κ1) is 26.5. The number of carbonyl (C=O) groups is 2. The second-order valence-electron chi connectivity index (χ2n) is 11.4. The number of rotatable bonds is 7. The first-order chi connectivity index (χ1) is 13.5. The maximum atomic E-state index is 12.5. The topological polar surface area (TPSA) is 70.7 Å². The summed E-state index contributed by atoms with van der Waals surface area (Å²) in [5.41, 5.74) is -0.462. The molecule has 6 nitrogen and oxygen atoms in total. The number of likely N-dealkylation sites (tertiary alicyclic amines) is 1. The maximum absolute atomic E-state index is 12.5. The summed E-state index contributed by atoms with van der Waals surface area (Å²) in [4.78, 5) is 27.1. The van der Waals surface area contributed by atoms with Crippen LogP contribution in [-0.4, -0.2) is 52.7 Å². The van der Waals surface area contributed by atoms with E-state index in [-0.39, 0.29) is 29.1 Å². The molecule has 2 N–H and O–H groups in total. The van der Waals surface area contributed by atoms with E-state index in [1.807, 2.05) is 32.9 Å². The molecule has 0 aliphatic carbocycles. The van der Waals surface area contributed by atoms with Gasteiger partial charge in [0, 0.05) is 23.5 Å². The molecule has 1 aliphatic rings. The van der Waals surface area contributed by atoms with Gasteiger partial charge in [-0.1, -0.05) is 26.0 Å². The van der Waals surface area contributed by atoms with E-state index in [4.69, 9.17) is 4.74 Å². The minimum atomic E-state index is -0.536. The summed E-state index contributed by atoms with van der Waals surface area (Å²) >= 11 is 0. The Morgan fingerprint density at radius 3 is 2.13 bits per heavy atom. The summed E-state index contributed by atoms with van der Waals surface area (Å²) in [7, 11) is 2.16. The van der Waals surface area contributed by atoms with E-state index in [1.165, 1.54) is 0 Å². The van der Waals surface area contributed by atoms with Gasteiger partial charge in [0.25, 0.3) is 0 Å². The quantitative estimate of drug-likeness (QED) is 0.585. The Hall–Kier alpha value is -1.56. The van der Waals surface area contributed by atoms with E-state index < -0.39 is 11.7 Å². The smallest absolute Gasteiger partial charge is 0.408 e. The third kappa shape index (κ3) is 9.07. The van der Waals surface area contributed by atoms with E-state index in [9.17, 15) is 9.59 Å². The number of piperidine rings is 1. The number of nitrogens with zero attached hydrogens (tertiary/aromatic N) is 1. The number of nitrogens with one attached hydrogen (secondary N) is 2. The van der Waals surface area contributed by atoms with Crippen molar-refractivity contribution in [3.05, 3.63) is 12.2 Å². The van der Waals surface area contributed by atoms with Crippen LogP contribution in [0.2, 0.25) is 0 Å². The van der Waals surface area contributed by atoms with Crippen molar-refractivity contribution in [2.24, 2.45) is 5.92 Å². The zero-order valence-electron chi connectivity index (χ0n) is 20.9. The molecule has 6 heteroatoms. The summed E-state index contributed by atoms with van der Waals surface area (Å²) in [6, 6.07) is 0.00676. The first-order valence-electron chi connectivity index (χ1n) is 11.2. The normalized spacial score (nSPS) is 20.9. The van der Waals surface area contributed by atoms with Gasteiger partial charge < -0.3 is 15.4 Å². The van der Waals surface area contributed by atoms with Gasteiger partial charge in [-0.2, -0.15) is 0 Å². The van der Waals surface area contributed by atoms with Gasteiger partial charge in [0.2, 0.25) is 5.91 Å². The third-order valence-corrected chi connectivity index (χ3v) is 5.77. The fraction of sp³-hybridized carbons (Fsp3) is 0.833. The van der Waals surface area contributed by atoms with E-state index in [1.54, 1.807) is 0 Å². The molecule has 1 heterocycles. The Morgan fingerprint density at radius 1 is 1.13 bits per heavy atom. The van der Waals surface area contributed by atoms with Crippen molar-refractivity contribution >= 4 is 12.0 Å². The number of hydrogen-bond donors (Lipinski definition) is 2. The first-order valence-corrected chi connectivity index (χ1v) is 11.2. The van der Waals surface area contributed by atoms with Crippen molar-refractivity contribution in [1.82, 2.24) is 15.5 Å².